The Morgan fingerprint density at radius 1 is 1.00 bits per heavy atom. The maximum atomic E-state index is 5.86. The molecule has 1 heterocycles. The third kappa shape index (κ3) is 2.42. The molecule has 0 radical (unpaired) electrons. The van der Waals surface area contributed by atoms with Crippen LogP contribution in [0.25, 0.3) is 10.8 Å². The van der Waals surface area contributed by atoms with Crippen molar-refractivity contribution in [3.8, 4) is 0 Å². The van der Waals surface area contributed by atoms with E-state index in [0.717, 1.165) is 11.1 Å². The molecule has 0 bridgehead atoms. The van der Waals surface area contributed by atoms with E-state index in [0.29, 0.717) is 0 Å². The Morgan fingerprint density at radius 3 is 2.62 bits per heavy atom. The van der Waals surface area contributed by atoms with Gasteiger partial charge in [-0.1, -0.05) is 42.5 Å². The monoisotopic (exact) mass is 277 g/mol. The number of hydrogen-bond acceptors (Lipinski definition) is 3. The normalized spacial score (nSPS) is 12.5. The molecular weight excluding hydrogens is 258 g/mol. The Hall–Kier alpha value is -2.23. The highest BCUT2D eigenvalue weighted by atomic mass is 15.2. The molecule has 0 saturated heterocycles. The molecule has 0 aliphatic heterocycles. The molecular formula is C18H19N3. The van der Waals surface area contributed by atoms with E-state index in [4.69, 9.17) is 5.84 Å². The number of fused-ring (bicyclic) bond motifs is 1. The second kappa shape index (κ2) is 5.64. The number of aryl methyl sites for hydroxylation is 1. The zero-order chi connectivity index (χ0) is 14.8. The smallest absolute Gasteiger partial charge is 0.0890 e. The van der Waals surface area contributed by atoms with Gasteiger partial charge in [0.2, 0.25) is 0 Å². The molecule has 0 saturated carbocycles. The fraction of sp³-hybridized carbons (Fsp3) is 0.167. The van der Waals surface area contributed by atoms with E-state index in [1.165, 1.54) is 22.1 Å². The molecule has 106 valence electrons. The molecule has 0 fully saturated rings. The summed E-state index contributed by atoms with van der Waals surface area (Å²) in [5.74, 6) is 5.86. The number of benzene rings is 2. The second-order valence-corrected chi connectivity index (χ2v) is 5.31. The van der Waals surface area contributed by atoms with E-state index in [-0.39, 0.29) is 6.04 Å². The van der Waals surface area contributed by atoms with Gasteiger partial charge in [-0.15, -0.1) is 0 Å². The molecule has 21 heavy (non-hydrogen) atoms. The van der Waals surface area contributed by atoms with E-state index in [9.17, 15) is 0 Å². The molecule has 3 heteroatoms. The minimum Gasteiger partial charge on any atom is -0.271 e. The summed E-state index contributed by atoms with van der Waals surface area (Å²) in [7, 11) is 0. The first-order valence-corrected chi connectivity index (χ1v) is 7.08. The minimum atomic E-state index is -0.115. The number of pyridine rings is 1. The molecule has 0 aliphatic carbocycles. The lowest BCUT2D eigenvalue weighted by molar-refractivity contribution is 0.622. The van der Waals surface area contributed by atoms with Crippen LogP contribution >= 0.6 is 0 Å². The van der Waals surface area contributed by atoms with Crippen molar-refractivity contribution in [2.45, 2.75) is 19.9 Å². The van der Waals surface area contributed by atoms with Crippen LogP contribution in [0.4, 0.5) is 0 Å². The molecule has 3 rings (SSSR count). The van der Waals surface area contributed by atoms with Crippen LogP contribution in [0.3, 0.4) is 0 Å². The van der Waals surface area contributed by atoms with Gasteiger partial charge in [0.1, 0.15) is 0 Å². The van der Waals surface area contributed by atoms with Crippen molar-refractivity contribution in [2.24, 2.45) is 5.84 Å². The van der Waals surface area contributed by atoms with Gasteiger partial charge in [0.25, 0.3) is 0 Å². The topological polar surface area (TPSA) is 50.9 Å². The fourth-order valence-corrected chi connectivity index (χ4v) is 2.78. The zero-order valence-electron chi connectivity index (χ0n) is 12.3. The number of hydrazine groups is 1. The van der Waals surface area contributed by atoms with Gasteiger partial charge in [0.05, 0.1) is 11.7 Å². The largest absolute Gasteiger partial charge is 0.271 e. The number of hydrogen-bond donors (Lipinski definition) is 2. The predicted molar refractivity (Wildman–Crippen MR) is 86.8 cm³/mol. The highest BCUT2D eigenvalue weighted by Gasteiger charge is 2.18. The maximum Gasteiger partial charge on any atom is 0.0890 e. The summed E-state index contributed by atoms with van der Waals surface area (Å²) in [5.41, 5.74) is 7.57. The van der Waals surface area contributed by atoms with Gasteiger partial charge in [-0.3, -0.25) is 10.8 Å². The summed E-state index contributed by atoms with van der Waals surface area (Å²) in [4.78, 5) is 4.58. The highest BCUT2D eigenvalue weighted by molar-refractivity contribution is 5.85. The number of nitrogens with two attached hydrogens (primary N) is 1. The lowest BCUT2D eigenvalue weighted by Gasteiger charge is -2.20. The van der Waals surface area contributed by atoms with Crippen molar-refractivity contribution >= 4 is 10.8 Å². The molecule has 0 amide bonds. The van der Waals surface area contributed by atoms with E-state index < -0.39 is 0 Å². The van der Waals surface area contributed by atoms with Crippen molar-refractivity contribution in [1.29, 1.82) is 0 Å². The SMILES string of the molecule is Cc1cccc(C(NN)c2nccc3ccccc23)c1C. The second-order valence-electron chi connectivity index (χ2n) is 5.31. The van der Waals surface area contributed by atoms with Crippen LogP contribution in [-0.4, -0.2) is 4.98 Å². The van der Waals surface area contributed by atoms with Crippen LogP contribution in [0, 0.1) is 13.8 Å². The summed E-state index contributed by atoms with van der Waals surface area (Å²) in [6, 6.07) is 16.4. The summed E-state index contributed by atoms with van der Waals surface area (Å²) < 4.78 is 0. The third-order valence-corrected chi connectivity index (χ3v) is 4.10. The van der Waals surface area contributed by atoms with Crippen LogP contribution in [0.15, 0.2) is 54.7 Å². The van der Waals surface area contributed by atoms with Gasteiger partial charge >= 0.3 is 0 Å². The van der Waals surface area contributed by atoms with E-state index in [1.807, 2.05) is 24.4 Å². The van der Waals surface area contributed by atoms with E-state index in [2.05, 4.69) is 54.6 Å². The Balaban J connectivity index is 2.21. The van der Waals surface area contributed by atoms with E-state index >= 15 is 0 Å². The number of aromatic nitrogens is 1. The molecule has 3 N–H and O–H groups in total. The standard InChI is InChI=1S/C18H19N3/c1-12-6-5-9-15(13(12)2)18(21-19)17-16-8-4-3-7-14(16)10-11-20-17/h3-11,18,21H,19H2,1-2H3. The van der Waals surface area contributed by atoms with Crippen LogP contribution in [0.1, 0.15) is 28.4 Å². The van der Waals surface area contributed by atoms with Crippen LogP contribution in [-0.2, 0) is 0 Å². The number of nitrogens with zero attached hydrogens (tertiary/aromatic N) is 1. The van der Waals surface area contributed by atoms with Gasteiger partial charge in [0, 0.05) is 11.6 Å². The fourth-order valence-electron chi connectivity index (χ4n) is 2.78. The van der Waals surface area contributed by atoms with Crippen LogP contribution in [0.5, 0.6) is 0 Å². The zero-order valence-corrected chi connectivity index (χ0v) is 12.3. The van der Waals surface area contributed by atoms with Crippen molar-refractivity contribution in [3.63, 3.8) is 0 Å². The Bertz CT molecular complexity index is 775. The molecule has 3 nitrogen and oxygen atoms in total. The first kappa shape index (κ1) is 13.7. The lowest BCUT2D eigenvalue weighted by atomic mass is 9.93. The lowest BCUT2D eigenvalue weighted by Crippen LogP contribution is -2.30. The molecule has 0 spiro atoms. The van der Waals surface area contributed by atoms with Gasteiger partial charge < -0.3 is 0 Å². The first-order chi connectivity index (χ1) is 10.2. The quantitative estimate of drug-likeness (QED) is 0.570. The maximum absolute atomic E-state index is 5.86. The molecule has 1 atom stereocenters. The molecule has 2 aromatic carbocycles. The van der Waals surface area contributed by atoms with Crippen molar-refractivity contribution in [1.82, 2.24) is 10.4 Å². The van der Waals surface area contributed by atoms with Gasteiger partial charge in [-0.05, 0) is 42.0 Å². The Labute approximate surface area is 124 Å². The number of rotatable bonds is 3. The first-order valence-electron chi connectivity index (χ1n) is 7.08. The summed E-state index contributed by atoms with van der Waals surface area (Å²) in [6.07, 6.45) is 1.84. The highest BCUT2D eigenvalue weighted by Crippen LogP contribution is 2.29. The van der Waals surface area contributed by atoms with Crippen molar-refractivity contribution < 1.29 is 0 Å². The van der Waals surface area contributed by atoms with Crippen molar-refractivity contribution in [3.05, 3.63) is 77.1 Å². The average molecular weight is 277 g/mol. The molecule has 1 unspecified atom stereocenters. The minimum absolute atomic E-state index is 0.115. The van der Waals surface area contributed by atoms with Crippen LogP contribution < -0.4 is 11.3 Å². The van der Waals surface area contributed by atoms with E-state index in [1.54, 1.807) is 0 Å². The van der Waals surface area contributed by atoms with Crippen molar-refractivity contribution in [2.75, 3.05) is 0 Å². The summed E-state index contributed by atoms with van der Waals surface area (Å²) in [6.45, 7) is 4.24. The molecule has 1 aromatic heterocycles. The Morgan fingerprint density at radius 2 is 1.81 bits per heavy atom. The predicted octanol–water partition coefficient (Wildman–Crippen LogP) is 3.40. The molecule has 3 aromatic rings. The van der Waals surface area contributed by atoms with Crippen LogP contribution in [0.2, 0.25) is 0 Å². The van der Waals surface area contributed by atoms with Gasteiger partial charge in [-0.25, -0.2) is 5.43 Å². The van der Waals surface area contributed by atoms with Gasteiger partial charge in [0.15, 0.2) is 0 Å². The summed E-state index contributed by atoms with van der Waals surface area (Å²) >= 11 is 0. The average Bonchev–Trinajstić information content (AvgIpc) is 2.52. The molecule has 0 aliphatic rings. The number of nitrogens with one attached hydrogen (secondary N) is 1. The Kier molecular flexibility index (Phi) is 3.69. The van der Waals surface area contributed by atoms with Gasteiger partial charge in [-0.2, -0.15) is 0 Å². The third-order valence-electron chi connectivity index (χ3n) is 4.10. The summed E-state index contributed by atoms with van der Waals surface area (Å²) in [5, 5.41) is 2.30.